The zero-order chi connectivity index (χ0) is 15.6. The van der Waals surface area contributed by atoms with Gasteiger partial charge in [-0.3, -0.25) is 4.68 Å². The number of halogens is 1. The van der Waals surface area contributed by atoms with Gasteiger partial charge in [0.25, 0.3) is 0 Å². The van der Waals surface area contributed by atoms with Crippen LogP contribution in [-0.4, -0.2) is 20.9 Å². The Kier molecular flexibility index (Phi) is 4.07. The molecule has 0 bridgehead atoms. The van der Waals surface area contributed by atoms with Crippen molar-refractivity contribution in [1.29, 1.82) is 0 Å². The fourth-order valence-electron chi connectivity index (χ4n) is 1.88. The molecule has 0 saturated heterocycles. The zero-order valence-electron chi connectivity index (χ0n) is 11.9. The number of aryl methyl sites for hydroxylation is 2. The predicted molar refractivity (Wildman–Crippen MR) is 75.8 cm³/mol. The number of aliphatic carboxylic acids is 1. The maximum atomic E-state index is 14.0. The first-order valence-electron chi connectivity index (χ1n) is 6.27. The Hall–Kier alpha value is -2.63. The summed E-state index contributed by atoms with van der Waals surface area (Å²) in [7, 11) is 1.78. The van der Waals surface area contributed by atoms with Crippen LogP contribution in [0.1, 0.15) is 17.0 Å². The van der Waals surface area contributed by atoms with Crippen LogP contribution >= 0.6 is 0 Å². The van der Waals surface area contributed by atoms with E-state index in [1.54, 1.807) is 24.7 Å². The Morgan fingerprint density at radius 1 is 1.43 bits per heavy atom. The lowest BCUT2D eigenvalue weighted by atomic mass is 10.2. The maximum absolute atomic E-state index is 14.0. The molecule has 6 heteroatoms. The first-order chi connectivity index (χ1) is 9.88. The molecule has 1 aromatic heterocycles. The Labute approximate surface area is 121 Å². The Morgan fingerprint density at radius 2 is 2.14 bits per heavy atom. The quantitative estimate of drug-likeness (QED) is 0.879. The van der Waals surface area contributed by atoms with E-state index < -0.39 is 11.8 Å². The molecule has 5 nitrogen and oxygen atoms in total. The Balaban J connectivity index is 2.27. The van der Waals surface area contributed by atoms with Crippen LogP contribution in [-0.2, 0) is 11.8 Å². The largest absolute Gasteiger partial charge is 0.478 e. The molecule has 21 heavy (non-hydrogen) atoms. The van der Waals surface area contributed by atoms with Crippen molar-refractivity contribution in [1.82, 2.24) is 9.78 Å². The molecule has 0 aliphatic rings. The van der Waals surface area contributed by atoms with Gasteiger partial charge in [-0.25, -0.2) is 9.18 Å². The maximum Gasteiger partial charge on any atom is 0.328 e. The first kappa shape index (κ1) is 14.8. The van der Waals surface area contributed by atoms with Gasteiger partial charge < -0.3 is 9.84 Å². The number of ether oxygens (including phenoxy) is 1. The van der Waals surface area contributed by atoms with Gasteiger partial charge in [0.1, 0.15) is 5.69 Å². The molecule has 1 heterocycles. The SMILES string of the molecule is Cc1nn(C)c(C)c1Oc1ccc(C=CC(=O)O)cc1F. The average molecular weight is 290 g/mol. The standard InChI is InChI=1S/C15H15FN2O3/c1-9-15(10(2)18(3)17-9)21-13-6-4-11(8-12(13)16)5-7-14(19)20/h4-8H,1-3H3,(H,19,20). The van der Waals surface area contributed by atoms with Gasteiger partial charge in [0.15, 0.2) is 17.3 Å². The van der Waals surface area contributed by atoms with Crippen molar-refractivity contribution in [3.8, 4) is 11.5 Å². The molecule has 0 amide bonds. The van der Waals surface area contributed by atoms with Crippen molar-refractivity contribution in [3.05, 3.63) is 47.0 Å². The number of benzene rings is 1. The van der Waals surface area contributed by atoms with Gasteiger partial charge in [0, 0.05) is 13.1 Å². The van der Waals surface area contributed by atoms with Gasteiger partial charge in [-0.05, 0) is 37.6 Å². The highest BCUT2D eigenvalue weighted by molar-refractivity contribution is 5.85. The lowest BCUT2D eigenvalue weighted by Crippen LogP contribution is -1.94. The van der Waals surface area contributed by atoms with Gasteiger partial charge in [0.05, 0.1) is 5.69 Å². The molecule has 2 aromatic rings. The lowest BCUT2D eigenvalue weighted by molar-refractivity contribution is -0.131. The summed E-state index contributed by atoms with van der Waals surface area (Å²) in [6, 6.07) is 4.26. The number of hydrogen-bond acceptors (Lipinski definition) is 3. The topological polar surface area (TPSA) is 64.4 Å². The molecule has 110 valence electrons. The van der Waals surface area contributed by atoms with Crippen molar-refractivity contribution < 1.29 is 19.0 Å². The molecule has 0 atom stereocenters. The third-order valence-corrected chi connectivity index (χ3v) is 3.03. The third-order valence-electron chi connectivity index (χ3n) is 3.03. The molecule has 0 spiro atoms. The predicted octanol–water partition coefficient (Wildman–Crippen LogP) is 3.07. The van der Waals surface area contributed by atoms with E-state index in [-0.39, 0.29) is 5.75 Å². The Bertz CT molecular complexity index is 720. The normalized spacial score (nSPS) is 11.0. The van der Waals surface area contributed by atoms with Gasteiger partial charge >= 0.3 is 5.97 Å². The van der Waals surface area contributed by atoms with E-state index in [9.17, 15) is 9.18 Å². The highest BCUT2D eigenvalue weighted by Crippen LogP contribution is 2.30. The van der Waals surface area contributed by atoms with E-state index in [1.165, 1.54) is 18.2 Å². The van der Waals surface area contributed by atoms with Gasteiger partial charge in [-0.2, -0.15) is 5.10 Å². The summed E-state index contributed by atoms with van der Waals surface area (Å²) >= 11 is 0. The summed E-state index contributed by atoms with van der Waals surface area (Å²) in [5, 5.41) is 12.7. The van der Waals surface area contributed by atoms with Gasteiger partial charge in [-0.15, -0.1) is 0 Å². The van der Waals surface area contributed by atoms with Crippen LogP contribution in [0.2, 0.25) is 0 Å². The molecule has 1 N–H and O–H groups in total. The molecule has 0 saturated carbocycles. The average Bonchev–Trinajstić information content (AvgIpc) is 2.65. The van der Waals surface area contributed by atoms with E-state index in [0.29, 0.717) is 17.0 Å². The molecule has 0 unspecified atom stereocenters. The van der Waals surface area contributed by atoms with Crippen LogP contribution in [0.3, 0.4) is 0 Å². The number of carboxylic acids is 1. The molecule has 2 rings (SSSR count). The third kappa shape index (κ3) is 3.28. The highest BCUT2D eigenvalue weighted by atomic mass is 19.1. The van der Waals surface area contributed by atoms with E-state index in [4.69, 9.17) is 9.84 Å². The summed E-state index contributed by atoms with van der Waals surface area (Å²) in [5.74, 6) is -1.06. The lowest BCUT2D eigenvalue weighted by Gasteiger charge is -2.07. The minimum absolute atomic E-state index is 0.0710. The fraction of sp³-hybridized carbons (Fsp3) is 0.200. The summed E-state index contributed by atoms with van der Waals surface area (Å²) in [6.07, 6.45) is 2.26. The second kappa shape index (κ2) is 5.78. The monoisotopic (exact) mass is 290 g/mol. The molecule has 0 radical (unpaired) electrons. The van der Waals surface area contributed by atoms with E-state index in [0.717, 1.165) is 11.8 Å². The summed E-state index contributed by atoms with van der Waals surface area (Å²) in [4.78, 5) is 10.4. The van der Waals surface area contributed by atoms with Crippen LogP contribution in [0.25, 0.3) is 6.08 Å². The number of carboxylic acid groups (broad SMARTS) is 1. The number of nitrogens with zero attached hydrogens (tertiary/aromatic N) is 2. The van der Waals surface area contributed by atoms with Crippen molar-refractivity contribution in [2.24, 2.45) is 7.05 Å². The highest BCUT2D eigenvalue weighted by Gasteiger charge is 2.14. The van der Waals surface area contributed by atoms with Crippen molar-refractivity contribution in [2.45, 2.75) is 13.8 Å². The van der Waals surface area contributed by atoms with Gasteiger partial charge in [0.2, 0.25) is 0 Å². The second-order valence-corrected chi connectivity index (χ2v) is 4.59. The van der Waals surface area contributed by atoms with E-state index in [2.05, 4.69) is 5.10 Å². The minimum Gasteiger partial charge on any atom is -0.478 e. The molecular formula is C15H15FN2O3. The molecule has 1 aromatic carbocycles. The van der Waals surface area contributed by atoms with Gasteiger partial charge in [-0.1, -0.05) is 6.07 Å². The molecular weight excluding hydrogens is 275 g/mol. The number of aromatic nitrogens is 2. The summed E-state index contributed by atoms with van der Waals surface area (Å²) in [6.45, 7) is 3.61. The van der Waals surface area contributed by atoms with Crippen LogP contribution in [0.15, 0.2) is 24.3 Å². The van der Waals surface area contributed by atoms with E-state index in [1.807, 2.05) is 6.92 Å². The number of rotatable bonds is 4. The van der Waals surface area contributed by atoms with Crippen molar-refractivity contribution in [2.75, 3.05) is 0 Å². The fourth-order valence-corrected chi connectivity index (χ4v) is 1.88. The number of carbonyl (C=O) groups is 1. The Morgan fingerprint density at radius 3 is 2.67 bits per heavy atom. The van der Waals surface area contributed by atoms with Crippen LogP contribution in [0, 0.1) is 19.7 Å². The van der Waals surface area contributed by atoms with Crippen molar-refractivity contribution in [3.63, 3.8) is 0 Å². The van der Waals surface area contributed by atoms with Crippen LogP contribution in [0.5, 0.6) is 11.5 Å². The first-order valence-corrected chi connectivity index (χ1v) is 6.27. The minimum atomic E-state index is -1.09. The zero-order valence-corrected chi connectivity index (χ0v) is 11.9. The number of hydrogen-bond donors (Lipinski definition) is 1. The second-order valence-electron chi connectivity index (χ2n) is 4.59. The summed E-state index contributed by atoms with van der Waals surface area (Å²) < 4.78 is 21.2. The van der Waals surface area contributed by atoms with Crippen LogP contribution < -0.4 is 4.74 Å². The summed E-state index contributed by atoms with van der Waals surface area (Å²) in [5.41, 5.74) is 1.91. The molecule has 0 aliphatic heterocycles. The van der Waals surface area contributed by atoms with Crippen LogP contribution in [0.4, 0.5) is 4.39 Å². The smallest absolute Gasteiger partial charge is 0.328 e. The molecule has 0 fully saturated rings. The van der Waals surface area contributed by atoms with E-state index >= 15 is 0 Å². The van der Waals surface area contributed by atoms with Crippen molar-refractivity contribution >= 4 is 12.0 Å². The molecule has 0 aliphatic carbocycles.